The number of aromatic nitrogens is 2. The Hall–Kier alpha value is -3.35. The molecule has 7 heteroatoms. The van der Waals surface area contributed by atoms with E-state index in [1.165, 1.54) is 0 Å². The van der Waals surface area contributed by atoms with Gasteiger partial charge < -0.3 is 15.1 Å². The molecule has 134 valence electrons. The third-order valence-electron chi connectivity index (χ3n) is 3.95. The molecule has 1 aromatic carbocycles. The van der Waals surface area contributed by atoms with E-state index in [-0.39, 0.29) is 12.6 Å². The molecule has 0 aliphatic carbocycles. The summed E-state index contributed by atoms with van der Waals surface area (Å²) in [6, 6.07) is 12.8. The second-order valence-corrected chi connectivity index (χ2v) is 5.90. The number of amides is 2. The molecule has 0 radical (unpaired) electrons. The predicted molar refractivity (Wildman–Crippen MR) is 95.1 cm³/mol. The number of hydrogen-bond acceptors (Lipinski definition) is 4. The lowest BCUT2D eigenvalue weighted by Crippen LogP contribution is -2.42. The van der Waals surface area contributed by atoms with E-state index < -0.39 is 11.8 Å². The van der Waals surface area contributed by atoms with Crippen molar-refractivity contribution in [2.24, 2.45) is 0 Å². The minimum atomic E-state index is -0.694. The molecule has 1 unspecified atom stereocenters. The van der Waals surface area contributed by atoms with Crippen molar-refractivity contribution in [1.82, 2.24) is 20.4 Å². The summed E-state index contributed by atoms with van der Waals surface area (Å²) in [5.74, 6) is -0.723. The van der Waals surface area contributed by atoms with E-state index >= 15 is 0 Å². The van der Waals surface area contributed by atoms with Gasteiger partial charge in [0.2, 0.25) is 0 Å². The third-order valence-corrected chi connectivity index (χ3v) is 3.95. The van der Waals surface area contributed by atoms with Crippen molar-refractivity contribution in [3.05, 3.63) is 78.0 Å². The van der Waals surface area contributed by atoms with Crippen molar-refractivity contribution < 1.29 is 14.0 Å². The average Bonchev–Trinajstić information content (AvgIpc) is 3.35. The van der Waals surface area contributed by atoms with Gasteiger partial charge in [0.25, 0.3) is 0 Å². The highest BCUT2D eigenvalue weighted by Gasteiger charge is 2.20. The molecule has 0 aliphatic heterocycles. The summed E-state index contributed by atoms with van der Waals surface area (Å²) in [5, 5.41) is 9.43. The van der Waals surface area contributed by atoms with E-state index in [0.29, 0.717) is 12.3 Å². The Morgan fingerprint density at radius 3 is 2.54 bits per heavy atom. The Labute approximate surface area is 151 Å². The lowest BCUT2D eigenvalue weighted by molar-refractivity contribution is -0.139. The van der Waals surface area contributed by atoms with E-state index in [0.717, 1.165) is 11.1 Å². The average molecular weight is 352 g/mol. The van der Waals surface area contributed by atoms with Gasteiger partial charge in [-0.1, -0.05) is 29.8 Å². The van der Waals surface area contributed by atoms with E-state index in [1.54, 1.807) is 41.5 Å². The Morgan fingerprint density at radius 2 is 1.88 bits per heavy atom. The van der Waals surface area contributed by atoms with Gasteiger partial charge in [-0.2, -0.15) is 5.10 Å². The fourth-order valence-electron chi connectivity index (χ4n) is 2.51. The quantitative estimate of drug-likeness (QED) is 0.662. The second-order valence-electron chi connectivity index (χ2n) is 5.90. The van der Waals surface area contributed by atoms with Gasteiger partial charge in [0.1, 0.15) is 11.8 Å². The predicted octanol–water partition coefficient (Wildman–Crippen LogP) is 1.81. The van der Waals surface area contributed by atoms with Crippen molar-refractivity contribution in [2.75, 3.05) is 6.54 Å². The fraction of sp³-hybridized carbons (Fsp3) is 0.211. The number of nitrogens with one attached hydrogen (secondary N) is 2. The minimum Gasteiger partial charge on any atom is -0.467 e. The Kier molecular flexibility index (Phi) is 5.48. The minimum absolute atomic E-state index is 0.186. The molecule has 0 saturated heterocycles. The van der Waals surface area contributed by atoms with Gasteiger partial charge in [-0.3, -0.25) is 14.3 Å². The number of benzene rings is 1. The molecule has 2 aromatic heterocycles. The van der Waals surface area contributed by atoms with Crippen molar-refractivity contribution in [1.29, 1.82) is 0 Å². The van der Waals surface area contributed by atoms with Crippen LogP contribution in [-0.2, 0) is 16.1 Å². The first kappa shape index (κ1) is 17.5. The molecule has 2 heterocycles. The molecule has 26 heavy (non-hydrogen) atoms. The van der Waals surface area contributed by atoms with Crippen molar-refractivity contribution >= 4 is 11.8 Å². The maximum absolute atomic E-state index is 12.1. The van der Waals surface area contributed by atoms with Crippen LogP contribution in [0.15, 0.2) is 65.5 Å². The molecule has 0 spiro atoms. The molecule has 0 fully saturated rings. The smallest absolute Gasteiger partial charge is 0.309 e. The van der Waals surface area contributed by atoms with Gasteiger partial charge in [0.15, 0.2) is 0 Å². The molecular formula is C19H20N4O3. The first-order valence-electron chi connectivity index (χ1n) is 8.27. The van der Waals surface area contributed by atoms with Gasteiger partial charge in [0.05, 0.1) is 6.26 Å². The first-order valence-corrected chi connectivity index (χ1v) is 8.27. The molecule has 3 aromatic rings. The number of carbonyl (C=O) groups excluding carboxylic acids is 2. The van der Waals surface area contributed by atoms with Crippen molar-refractivity contribution in [2.45, 2.75) is 19.5 Å². The lowest BCUT2D eigenvalue weighted by atomic mass is 10.1. The number of furan rings is 1. The van der Waals surface area contributed by atoms with Crippen molar-refractivity contribution in [3.63, 3.8) is 0 Å². The van der Waals surface area contributed by atoms with E-state index in [9.17, 15) is 9.59 Å². The zero-order valence-corrected chi connectivity index (χ0v) is 14.4. The van der Waals surface area contributed by atoms with E-state index in [1.807, 2.05) is 31.2 Å². The molecule has 2 amide bonds. The van der Waals surface area contributed by atoms with E-state index in [4.69, 9.17) is 4.42 Å². The first-order chi connectivity index (χ1) is 12.6. The molecule has 3 rings (SSSR count). The van der Waals surface area contributed by atoms with Crippen LogP contribution in [-0.4, -0.2) is 28.1 Å². The maximum atomic E-state index is 12.1. The van der Waals surface area contributed by atoms with Crippen LogP contribution in [0.3, 0.4) is 0 Å². The number of rotatable bonds is 6. The molecule has 2 N–H and O–H groups in total. The highest BCUT2D eigenvalue weighted by Crippen LogP contribution is 2.17. The zero-order valence-electron chi connectivity index (χ0n) is 14.4. The number of carbonyl (C=O) groups is 2. The van der Waals surface area contributed by atoms with Gasteiger partial charge >= 0.3 is 11.8 Å². The Morgan fingerprint density at radius 1 is 1.12 bits per heavy atom. The monoisotopic (exact) mass is 352 g/mol. The molecule has 0 bridgehead atoms. The normalized spacial score (nSPS) is 11.7. The number of hydrogen-bond donors (Lipinski definition) is 2. The Balaban J connectivity index is 1.54. The number of aryl methyl sites for hydroxylation is 1. The molecule has 0 saturated carbocycles. The van der Waals surface area contributed by atoms with Gasteiger partial charge in [-0.15, -0.1) is 0 Å². The highest BCUT2D eigenvalue weighted by atomic mass is 16.3. The maximum Gasteiger partial charge on any atom is 0.309 e. The van der Waals surface area contributed by atoms with Crippen LogP contribution in [0.25, 0.3) is 0 Å². The summed E-state index contributed by atoms with van der Waals surface area (Å²) in [6.07, 6.45) is 4.98. The SMILES string of the molecule is Cc1ccc(CNC(=O)C(=O)NCC(c2ccco2)n2cccn2)cc1. The largest absolute Gasteiger partial charge is 0.467 e. The third kappa shape index (κ3) is 4.38. The summed E-state index contributed by atoms with van der Waals surface area (Å²) >= 11 is 0. The standard InChI is InChI=1S/C19H20N4O3/c1-14-5-7-15(8-6-14)12-20-18(24)19(25)21-13-16(17-4-2-11-26-17)23-10-3-9-22-23/h2-11,16H,12-13H2,1H3,(H,20,24)(H,21,25). The van der Waals surface area contributed by atoms with Crippen LogP contribution >= 0.6 is 0 Å². The van der Waals surface area contributed by atoms with Crippen LogP contribution in [0.5, 0.6) is 0 Å². The van der Waals surface area contributed by atoms with Gasteiger partial charge in [-0.25, -0.2) is 0 Å². The summed E-state index contributed by atoms with van der Waals surface area (Å²) in [5.41, 5.74) is 2.07. The molecular weight excluding hydrogens is 332 g/mol. The summed E-state index contributed by atoms with van der Waals surface area (Å²) in [4.78, 5) is 24.1. The van der Waals surface area contributed by atoms with Crippen molar-refractivity contribution in [3.8, 4) is 0 Å². The number of nitrogens with zero attached hydrogens (tertiary/aromatic N) is 2. The van der Waals surface area contributed by atoms with Crippen LogP contribution < -0.4 is 10.6 Å². The topological polar surface area (TPSA) is 89.2 Å². The van der Waals surface area contributed by atoms with Crippen LogP contribution in [0.1, 0.15) is 22.9 Å². The molecule has 1 atom stereocenters. The van der Waals surface area contributed by atoms with Gasteiger partial charge in [-0.05, 0) is 30.7 Å². The van der Waals surface area contributed by atoms with Crippen LogP contribution in [0, 0.1) is 6.92 Å². The second kappa shape index (κ2) is 8.15. The van der Waals surface area contributed by atoms with Crippen LogP contribution in [0.2, 0.25) is 0 Å². The van der Waals surface area contributed by atoms with E-state index in [2.05, 4.69) is 15.7 Å². The summed E-state index contributed by atoms with van der Waals surface area (Å²) in [6.45, 7) is 2.48. The molecule has 7 nitrogen and oxygen atoms in total. The zero-order chi connectivity index (χ0) is 18.4. The van der Waals surface area contributed by atoms with Crippen LogP contribution in [0.4, 0.5) is 0 Å². The Bertz CT molecular complexity index is 805. The highest BCUT2D eigenvalue weighted by molar-refractivity contribution is 6.35. The fourth-order valence-corrected chi connectivity index (χ4v) is 2.51. The summed E-state index contributed by atoms with van der Waals surface area (Å²) in [7, 11) is 0. The van der Waals surface area contributed by atoms with Gasteiger partial charge in [0, 0.05) is 25.5 Å². The molecule has 0 aliphatic rings. The summed E-state index contributed by atoms with van der Waals surface area (Å²) < 4.78 is 7.08. The lowest BCUT2D eigenvalue weighted by Gasteiger charge is -2.16.